The van der Waals surface area contributed by atoms with Gasteiger partial charge in [-0.1, -0.05) is 30.0 Å². The monoisotopic (exact) mass is 375 g/mol. The molecule has 4 heterocycles. The Balaban J connectivity index is 1.53. The predicted octanol–water partition coefficient (Wildman–Crippen LogP) is 2.96. The Hall–Kier alpha value is -2.46. The van der Waals surface area contributed by atoms with Gasteiger partial charge in [0.2, 0.25) is 4.96 Å². The van der Waals surface area contributed by atoms with E-state index in [0.29, 0.717) is 27.5 Å². The van der Waals surface area contributed by atoms with Gasteiger partial charge in [0.05, 0.1) is 17.5 Å². The second-order valence-corrected chi connectivity index (χ2v) is 7.15. The largest absolute Gasteiger partial charge is 0.469 e. The predicted molar refractivity (Wildman–Crippen MR) is 92.8 cm³/mol. The van der Waals surface area contributed by atoms with E-state index in [1.54, 1.807) is 12.3 Å². The van der Waals surface area contributed by atoms with Crippen molar-refractivity contribution < 1.29 is 8.83 Å². The summed E-state index contributed by atoms with van der Waals surface area (Å²) in [5.74, 6) is 1.58. The lowest BCUT2D eigenvalue weighted by Gasteiger charge is -1.97. The van der Waals surface area contributed by atoms with Crippen LogP contribution in [0.2, 0.25) is 0 Å². The van der Waals surface area contributed by atoms with Gasteiger partial charge in [-0.15, -0.1) is 10.2 Å². The molecule has 25 heavy (non-hydrogen) atoms. The summed E-state index contributed by atoms with van der Waals surface area (Å²) in [6, 6.07) is 3.26. The molecule has 4 rings (SSSR count). The maximum absolute atomic E-state index is 12.1. The lowest BCUT2D eigenvalue weighted by atomic mass is 10.3. The quantitative estimate of drug-likeness (QED) is 0.491. The van der Waals surface area contributed by atoms with Gasteiger partial charge >= 0.3 is 0 Å². The van der Waals surface area contributed by atoms with E-state index < -0.39 is 0 Å². The van der Waals surface area contributed by atoms with E-state index in [9.17, 15) is 4.79 Å². The van der Waals surface area contributed by atoms with Gasteiger partial charge in [0.15, 0.2) is 0 Å². The van der Waals surface area contributed by atoms with Crippen molar-refractivity contribution in [2.45, 2.75) is 31.2 Å². The lowest BCUT2D eigenvalue weighted by molar-refractivity contribution is 0.463. The molecule has 128 valence electrons. The molecule has 0 saturated carbocycles. The van der Waals surface area contributed by atoms with E-state index in [-0.39, 0.29) is 5.56 Å². The summed E-state index contributed by atoms with van der Waals surface area (Å²) >= 11 is 2.75. The van der Waals surface area contributed by atoms with Crippen LogP contribution < -0.4 is 5.56 Å². The number of furan rings is 1. The van der Waals surface area contributed by atoms with Crippen LogP contribution in [-0.4, -0.2) is 24.8 Å². The summed E-state index contributed by atoms with van der Waals surface area (Å²) in [4.78, 5) is 17.2. The van der Waals surface area contributed by atoms with Crippen LogP contribution in [0.25, 0.3) is 16.4 Å². The highest BCUT2D eigenvalue weighted by atomic mass is 32.2. The van der Waals surface area contributed by atoms with Crippen LogP contribution in [0.15, 0.2) is 37.2 Å². The minimum atomic E-state index is -0.184. The summed E-state index contributed by atoms with van der Waals surface area (Å²) in [6.07, 6.45) is 2.35. The first-order valence-electron chi connectivity index (χ1n) is 7.53. The van der Waals surface area contributed by atoms with Crippen LogP contribution in [0.4, 0.5) is 0 Å². The SMILES string of the molecule is CCc1nn2c(=O)cc(CSc3nnc(-c4ccoc4C)o3)nc2s1. The normalized spacial score (nSPS) is 11.4. The molecular weight excluding hydrogens is 362 g/mol. The number of aromatic nitrogens is 5. The number of thioether (sulfide) groups is 1. The van der Waals surface area contributed by atoms with Crippen molar-refractivity contribution in [2.75, 3.05) is 0 Å². The lowest BCUT2D eigenvalue weighted by Crippen LogP contribution is -2.15. The third kappa shape index (κ3) is 3.10. The average Bonchev–Trinajstić information content (AvgIpc) is 3.31. The summed E-state index contributed by atoms with van der Waals surface area (Å²) in [5.41, 5.74) is 1.24. The molecule has 0 atom stereocenters. The fraction of sp³-hybridized carbons (Fsp3) is 0.267. The van der Waals surface area contributed by atoms with Crippen molar-refractivity contribution in [3.05, 3.63) is 45.2 Å². The van der Waals surface area contributed by atoms with E-state index in [4.69, 9.17) is 8.83 Å². The number of hydrogen-bond acceptors (Lipinski definition) is 9. The Morgan fingerprint density at radius 2 is 2.24 bits per heavy atom. The Kier molecular flexibility index (Phi) is 4.14. The molecule has 0 radical (unpaired) electrons. The van der Waals surface area contributed by atoms with Crippen LogP contribution in [-0.2, 0) is 12.2 Å². The van der Waals surface area contributed by atoms with Crippen molar-refractivity contribution in [3.8, 4) is 11.5 Å². The van der Waals surface area contributed by atoms with E-state index in [0.717, 1.165) is 22.8 Å². The fourth-order valence-electron chi connectivity index (χ4n) is 2.23. The number of hydrogen-bond donors (Lipinski definition) is 0. The third-order valence-corrected chi connectivity index (χ3v) is 5.39. The zero-order valence-electron chi connectivity index (χ0n) is 13.4. The number of nitrogens with zero attached hydrogens (tertiary/aromatic N) is 5. The maximum Gasteiger partial charge on any atom is 0.277 e. The highest BCUT2D eigenvalue weighted by Gasteiger charge is 2.14. The van der Waals surface area contributed by atoms with Crippen molar-refractivity contribution in [2.24, 2.45) is 0 Å². The third-order valence-electron chi connectivity index (χ3n) is 3.48. The van der Waals surface area contributed by atoms with Crippen LogP contribution >= 0.6 is 23.1 Å². The Morgan fingerprint density at radius 3 is 3.00 bits per heavy atom. The van der Waals surface area contributed by atoms with Crippen LogP contribution in [0.3, 0.4) is 0 Å². The molecule has 0 unspecified atom stereocenters. The minimum Gasteiger partial charge on any atom is -0.469 e. The summed E-state index contributed by atoms with van der Waals surface area (Å²) in [7, 11) is 0. The summed E-state index contributed by atoms with van der Waals surface area (Å²) in [6.45, 7) is 3.83. The van der Waals surface area contributed by atoms with Crippen LogP contribution in [0.1, 0.15) is 23.4 Å². The van der Waals surface area contributed by atoms with Crippen molar-refractivity contribution in [1.29, 1.82) is 0 Å². The molecule has 0 aliphatic carbocycles. The number of rotatable bonds is 5. The molecule has 0 bridgehead atoms. The summed E-state index contributed by atoms with van der Waals surface area (Å²) in [5, 5.41) is 13.6. The first kappa shape index (κ1) is 16.0. The van der Waals surface area contributed by atoms with Crippen molar-refractivity contribution >= 4 is 28.1 Å². The zero-order chi connectivity index (χ0) is 17.4. The molecule has 0 amide bonds. The van der Waals surface area contributed by atoms with Crippen LogP contribution in [0.5, 0.6) is 0 Å². The molecule has 8 nitrogen and oxygen atoms in total. The highest BCUT2D eigenvalue weighted by Crippen LogP contribution is 2.27. The second-order valence-electron chi connectivity index (χ2n) is 5.18. The Bertz CT molecular complexity index is 1090. The van der Waals surface area contributed by atoms with E-state index in [2.05, 4.69) is 20.3 Å². The molecule has 0 aromatic carbocycles. The fourth-order valence-corrected chi connectivity index (χ4v) is 3.75. The molecule has 4 aromatic rings. The average molecular weight is 375 g/mol. The topological polar surface area (TPSA) is 99.3 Å². The van der Waals surface area contributed by atoms with Gasteiger partial charge in [0.25, 0.3) is 16.7 Å². The van der Waals surface area contributed by atoms with E-state index in [1.807, 2.05) is 13.8 Å². The molecule has 0 fully saturated rings. The van der Waals surface area contributed by atoms with E-state index >= 15 is 0 Å². The minimum absolute atomic E-state index is 0.184. The van der Waals surface area contributed by atoms with Gasteiger partial charge in [0.1, 0.15) is 10.8 Å². The first-order valence-corrected chi connectivity index (χ1v) is 9.33. The second kappa shape index (κ2) is 6.45. The highest BCUT2D eigenvalue weighted by molar-refractivity contribution is 7.98. The first-order chi connectivity index (χ1) is 12.1. The Morgan fingerprint density at radius 1 is 1.36 bits per heavy atom. The van der Waals surface area contributed by atoms with Gasteiger partial charge in [-0.05, 0) is 19.4 Å². The standard InChI is InChI=1S/C15H13N5O3S2/c1-3-11-19-20-12(21)6-9(16-14(20)25-11)7-24-15-18-17-13(23-15)10-4-5-22-8(10)2/h4-6H,3,7H2,1-2H3. The van der Waals surface area contributed by atoms with Crippen molar-refractivity contribution in [3.63, 3.8) is 0 Å². The molecule has 0 N–H and O–H groups in total. The molecule has 0 aliphatic heterocycles. The molecule has 4 aromatic heterocycles. The van der Waals surface area contributed by atoms with Crippen LogP contribution in [0, 0.1) is 6.92 Å². The number of aryl methyl sites for hydroxylation is 2. The smallest absolute Gasteiger partial charge is 0.277 e. The molecule has 0 aliphatic rings. The van der Waals surface area contributed by atoms with Crippen molar-refractivity contribution in [1.82, 2.24) is 24.8 Å². The Labute approximate surface area is 149 Å². The van der Waals surface area contributed by atoms with E-state index in [1.165, 1.54) is 33.7 Å². The van der Waals surface area contributed by atoms with Gasteiger partial charge < -0.3 is 8.83 Å². The summed E-state index contributed by atoms with van der Waals surface area (Å²) < 4.78 is 12.2. The zero-order valence-corrected chi connectivity index (χ0v) is 15.1. The molecule has 10 heteroatoms. The maximum atomic E-state index is 12.1. The van der Waals surface area contributed by atoms with Gasteiger partial charge in [-0.2, -0.15) is 9.61 Å². The molecule has 0 saturated heterocycles. The molecular formula is C15H13N5O3S2. The van der Waals surface area contributed by atoms with Gasteiger partial charge in [0, 0.05) is 11.8 Å². The van der Waals surface area contributed by atoms with Gasteiger partial charge in [-0.25, -0.2) is 4.98 Å². The molecule has 0 spiro atoms. The van der Waals surface area contributed by atoms with Gasteiger partial charge in [-0.3, -0.25) is 4.79 Å². The number of fused-ring (bicyclic) bond motifs is 1.